The largest absolute Gasteiger partial charge is 0.478 e. The lowest BCUT2D eigenvalue weighted by Gasteiger charge is -2.08. The topological polar surface area (TPSA) is 89.3 Å². The van der Waals surface area contributed by atoms with Crippen molar-refractivity contribution in [3.05, 3.63) is 28.3 Å². The van der Waals surface area contributed by atoms with Gasteiger partial charge in [-0.2, -0.15) is 0 Å². The molecule has 0 radical (unpaired) electrons. The first-order valence-electron chi connectivity index (χ1n) is 3.56. The van der Waals surface area contributed by atoms with Crippen molar-refractivity contribution in [2.24, 2.45) is 5.73 Å². The van der Waals surface area contributed by atoms with E-state index in [1.807, 2.05) is 0 Å². The summed E-state index contributed by atoms with van der Waals surface area (Å²) < 4.78 is 0. The Hall–Kier alpha value is -1.33. The van der Waals surface area contributed by atoms with Gasteiger partial charge in [0.15, 0.2) is 0 Å². The van der Waals surface area contributed by atoms with Gasteiger partial charge in [0, 0.05) is 0 Å². The Kier molecular flexibility index (Phi) is 2.93. The molecule has 1 aromatic carbocycles. The number of nitrogen functional groups attached to an aromatic ring is 1. The van der Waals surface area contributed by atoms with Gasteiger partial charge < -0.3 is 16.6 Å². The summed E-state index contributed by atoms with van der Waals surface area (Å²) in [6.07, 6.45) is 0. The minimum Gasteiger partial charge on any atom is -0.478 e. The van der Waals surface area contributed by atoms with E-state index in [4.69, 9.17) is 40.4 Å². The maximum Gasteiger partial charge on any atom is 0.337 e. The van der Waals surface area contributed by atoms with Crippen LogP contribution in [0.4, 0.5) is 5.69 Å². The number of hydrogen-bond acceptors (Lipinski definition) is 3. The first kappa shape index (κ1) is 10.7. The van der Waals surface area contributed by atoms with Crippen molar-refractivity contribution in [2.45, 2.75) is 0 Å². The molecule has 0 spiro atoms. The van der Waals surface area contributed by atoms with Crippen LogP contribution in [0.3, 0.4) is 0 Å². The van der Waals surface area contributed by atoms with Gasteiger partial charge in [0.05, 0.1) is 21.8 Å². The molecule has 0 bridgehead atoms. The van der Waals surface area contributed by atoms with Gasteiger partial charge >= 0.3 is 5.97 Å². The van der Waals surface area contributed by atoms with Gasteiger partial charge in [-0.25, -0.2) is 4.79 Å². The van der Waals surface area contributed by atoms with Crippen molar-refractivity contribution in [1.29, 1.82) is 0 Å². The van der Waals surface area contributed by atoms with Gasteiger partial charge in [0.2, 0.25) is 0 Å². The molecule has 0 unspecified atom stereocenters. The zero-order valence-corrected chi connectivity index (χ0v) is 8.52. The maximum absolute atomic E-state index is 10.7. The minimum atomic E-state index is -1.14. The van der Waals surface area contributed by atoms with Crippen LogP contribution in [0.5, 0.6) is 0 Å². The minimum absolute atomic E-state index is 0.00231. The third kappa shape index (κ3) is 1.78. The Labute approximate surface area is 90.5 Å². The maximum atomic E-state index is 10.7. The summed E-state index contributed by atoms with van der Waals surface area (Å²) >= 11 is 10.5. The van der Waals surface area contributed by atoms with E-state index in [9.17, 15) is 4.79 Å². The second-order valence-electron chi connectivity index (χ2n) is 2.55. The molecule has 0 aliphatic rings. The highest BCUT2D eigenvalue weighted by Crippen LogP contribution is 2.25. The Morgan fingerprint density at radius 3 is 2.50 bits per heavy atom. The molecule has 1 aromatic rings. The Morgan fingerprint density at radius 2 is 2.07 bits per heavy atom. The molecule has 4 nitrogen and oxygen atoms in total. The van der Waals surface area contributed by atoms with E-state index in [0.29, 0.717) is 0 Å². The molecule has 0 saturated heterocycles. The second-order valence-corrected chi connectivity index (χ2v) is 3.40. The van der Waals surface area contributed by atoms with E-state index in [2.05, 4.69) is 0 Å². The standard InChI is InChI=1S/C8H7ClN2O2S/c9-4-2-1-3(8(12)13)6(10)5(4)7(11)14/h1-2H,10H2,(H2,11,14)(H,12,13). The third-order valence-corrected chi connectivity index (χ3v) is 2.19. The molecule has 0 atom stereocenters. The smallest absolute Gasteiger partial charge is 0.337 e. The number of nitrogens with two attached hydrogens (primary N) is 2. The van der Waals surface area contributed by atoms with E-state index < -0.39 is 5.97 Å². The average molecular weight is 231 g/mol. The predicted octanol–water partition coefficient (Wildman–Crippen LogP) is 1.25. The second kappa shape index (κ2) is 3.81. The van der Waals surface area contributed by atoms with Crippen molar-refractivity contribution in [2.75, 3.05) is 5.73 Å². The number of carboxylic acids is 1. The fourth-order valence-electron chi connectivity index (χ4n) is 1.03. The van der Waals surface area contributed by atoms with Crippen molar-refractivity contribution < 1.29 is 9.90 Å². The normalized spacial score (nSPS) is 9.79. The van der Waals surface area contributed by atoms with Crippen LogP contribution in [0.2, 0.25) is 5.02 Å². The Morgan fingerprint density at radius 1 is 1.50 bits per heavy atom. The van der Waals surface area contributed by atoms with E-state index in [0.717, 1.165) is 0 Å². The zero-order chi connectivity index (χ0) is 10.9. The molecule has 14 heavy (non-hydrogen) atoms. The van der Waals surface area contributed by atoms with Crippen LogP contribution in [0.1, 0.15) is 15.9 Å². The highest BCUT2D eigenvalue weighted by Gasteiger charge is 2.15. The molecule has 0 fully saturated rings. The lowest BCUT2D eigenvalue weighted by molar-refractivity contribution is 0.0698. The Balaban J connectivity index is 3.49. The van der Waals surface area contributed by atoms with Gasteiger partial charge in [0.1, 0.15) is 4.99 Å². The highest BCUT2D eigenvalue weighted by atomic mass is 35.5. The molecule has 1 rings (SSSR count). The van der Waals surface area contributed by atoms with E-state index in [1.165, 1.54) is 12.1 Å². The number of carboxylic acid groups (broad SMARTS) is 1. The van der Waals surface area contributed by atoms with E-state index in [1.54, 1.807) is 0 Å². The number of carbonyl (C=O) groups is 1. The van der Waals surface area contributed by atoms with Crippen LogP contribution < -0.4 is 11.5 Å². The van der Waals surface area contributed by atoms with Crippen LogP contribution in [-0.4, -0.2) is 16.1 Å². The summed E-state index contributed by atoms with van der Waals surface area (Å²) in [6, 6.07) is 2.71. The van der Waals surface area contributed by atoms with E-state index >= 15 is 0 Å². The fourth-order valence-corrected chi connectivity index (χ4v) is 1.57. The quantitative estimate of drug-likeness (QED) is 0.526. The fraction of sp³-hybridized carbons (Fsp3) is 0. The molecule has 0 saturated carbocycles. The number of aromatic carboxylic acids is 1. The van der Waals surface area contributed by atoms with E-state index in [-0.39, 0.29) is 26.8 Å². The Bertz CT molecular complexity index is 420. The SMILES string of the molecule is NC(=S)c1c(Cl)ccc(C(=O)O)c1N. The molecule has 6 heteroatoms. The molecule has 5 N–H and O–H groups in total. The molecule has 0 amide bonds. The summed E-state index contributed by atoms with van der Waals surface area (Å²) in [4.78, 5) is 10.7. The lowest BCUT2D eigenvalue weighted by Crippen LogP contribution is -2.15. The summed E-state index contributed by atoms with van der Waals surface area (Å²) in [5.74, 6) is -1.14. The first-order chi connectivity index (χ1) is 6.45. The van der Waals surface area contributed by atoms with Crippen LogP contribution in [0.25, 0.3) is 0 Å². The average Bonchev–Trinajstić information content (AvgIpc) is 2.02. The summed E-state index contributed by atoms with van der Waals surface area (Å²) in [7, 11) is 0. The summed E-state index contributed by atoms with van der Waals surface area (Å²) in [5.41, 5.74) is 11.1. The molecular formula is C8H7ClN2O2S. The molecule has 74 valence electrons. The molecule has 0 heterocycles. The number of thiocarbonyl (C=S) groups is 1. The van der Waals surface area contributed by atoms with Crippen LogP contribution in [-0.2, 0) is 0 Å². The number of hydrogen-bond donors (Lipinski definition) is 3. The monoisotopic (exact) mass is 230 g/mol. The summed E-state index contributed by atoms with van der Waals surface area (Å²) in [5, 5.41) is 9.01. The zero-order valence-electron chi connectivity index (χ0n) is 6.95. The number of benzene rings is 1. The predicted molar refractivity (Wildman–Crippen MR) is 58.7 cm³/mol. The van der Waals surface area contributed by atoms with Gasteiger partial charge in [-0.15, -0.1) is 0 Å². The third-order valence-electron chi connectivity index (χ3n) is 1.67. The van der Waals surface area contributed by atoms with Gasteiger partial charge in [-0.1, -0.05) is 23.8 Å². The van der Waals surface area contributed by atoms with Crippen molar-refractivity contribution in [1.82, 2.24) is 0 Å². The van der Waals surface area contributed by atoms with Crippen LogP contribution >= 0.6 is 23.8 Å². The van der Waals surface area contributed by atoms with Crippen molar-refractivity contribution in [3.63, 3.8) is 0 Å². The first-order valence-corrected chi connectivity index (χ1v) is 4.35. The van der Waals surface area contributed by atoms with Crippen LogP contribution in [0.15, 0.2) is 12.1 Å². The number of halogens is 1. The summed E-state index contributed by atoms with van der Waals surface area (Å²) in [6.45, 7) is 0. The van der Waals surface area contributed by atoms with Gasteiger partial charge in [-0.3, -0.25) is 0 Å². The van der Waals surface area contributed by atoms with Crippen molar-refractivity contribution >= 4 is 40.5 Å². The highest BCUT2D eigenvalue weighted by molar-refractivity contribution is 7.80. The number of rotatable bonds is 2. The molecule has 0 aliphatic heterocycles. The number of anilines is 1. The molecule has 0 aliphatic carbocycles. The molecular weight excluding hydrogens is 224 g/mol. The van der Waals surface area contributed by atoms with Crippen LogP contribution in [0, 0.1) is 0 Å². The van der Waals surface area contributed by atoms with Gasteiger partial charge in [0.25, 0.3) is 0 Å². The lowest BCUT2D eigenvalue weighted by atomic mass is 10.1. The molecule has 0 aromatic heterocycles. The van der Waals surface area contributed by atoms with Crippen molar-refractivity contribution in [3.8, 4) is 0 Å². The van der Waals surface area contributed by atoms with Gasteiger partial charge in [-0.05, 0) is 12.1 Å².